The molecule has 1 aromatic rings. The summed E-state index contributed by atoms with van der Waals surface area (Å²) in [5.41, 5.74) is -0.961. The lowest BCUT2D eigenvalue weighted by molar-refractivity contribution is -0.168. The van der Waals surface area contributed by atoms with Crippen molar-refractivity contribution in [3.63, 3.8) is 0 Å². The molecule has 4 rings (SSSR count). The van der Waals surface area contributed by atoms with E-state index in [-0.39, 0.29) is 23.4 Å². The lowest BCUT2D eigenvalue weighted by Gasteiger charge is -2.52. The van der Waals surface area contributed by atoms with Gasteiger partial charge in [-0.25, -0.2) is 0 Å². The number of carbonyl (C=O) groups is 2. The standard InChI is InChI=1S/C22H31N3O5/c1-2-30-21(28)22-7-5-17(24-10-12-29-13-11-24)14-16(22)6-9-25(15-22)20(27)18-4-3-8-23-19(18)26/h3-4,8,16-17H,2,5-7,9-15H2,1H3,(H,23,26)/t16-,17?,22-/m1/s1. The predicted octanol–water partition coefficient (Wildman–Crippen LogP) is 1.27. The van der Waals surface area contributed by atoms with Crippen molar-refractivity contribution in [3.05, 3.63) is 34.2 Å². The number of aromatic nitrogens is 1. The number of rotatable bonds is 4. The zero-order chi connectivity index (χ0) is 21.1. The van der Waals surface area contributed by atoms with E-state index in [9.17, 15) is 14.4 Å². The van der Waals surface area contributed by atoms with Crippen LogP contribution in [0.15, 0.2) is 23.1 Å². The zero-order valence-electron chi connectivity index (χ0n) is 17.6. The number of likely N-dealkylation sites (tertiary alicyclic amines) is 1. The van der Waals surface area contributed by atoms with Crippen LogP contribution < -0.4 is 5.56 Å². The number of amides is 1. The predicted molar refractivity (Wildman–Crippen MR) is 110 cm³/mol. The van der Waals surface area contributed by atoms with Crippen LogP contribution in [0, 0.1) is 11.3 Å². The monoisotopic (exact) mass is 417 g/mol. The molecule has 0 aromatic carbocycles. The van der Waals surface area contributed by atoms with E-state index in [1.807, 2.05) is 6.92 Å². The van der Waals surface area contributed by atoms with Gasteiger partial charge < -0.3 is 19.4 Å². The molecule has 1 aromatic heterocycles. The number of fused-ring (bicyclic) bond motifs is 1. The number of piperidine rings is 1. The molecule has 1 aliphatic carbocycles. The highest BCUT2D eigenvalue weighted by Gasteiger charge is 2.54. The number of esters is 1. The van der Waals surface area contributed by atoms with Crippen molar-refractivity contribution in [1.82, 2.24) is 14.8 Å². The van der Waals surface area contributed by atoms with E-state index < -0.39 is 11.0 Å². The van der Waals surface area contributed by atoms with Gasteiger partial charge in [0.1, 0.15) is 5.56 Å². The highest BCUT2D eigenvalue weighted by atomic mass is 16.5. The first-order valence-corrected chi connectivity index (χ1v) is 11.0. The topological polar surface area (TPSA) is 91.9 Å². The molecule has 1 amide bonds. The number of ether oxygens (including phenoxy) is 2. The van der Waals surface area contributed by atoms with Crippen LogP contribution in [-0.4, -0.2) is 78.7 Å². The minimum atomic E-state index is -0.686. The van der Waals surface area contributed by atoms with Crippen molar-refractivity contribution in [3.8, 4) is 0 Å². The quantitative estimate of drug-likeness (QED) is 0.742. The van der Waals surface area contributed by atoms with Crippen LogP contribution in [0.5, 0.6) is 0 Å². The molecule has 3 aliphatic rings. The normalized spacial score (nSPS) is 29.8. The summed E-state index contributed by atoms with van der Waals surface area (Å²) in [6, 6.07) is 3.64. The summed E-state index contributed by atoms with van der Waals surface area (Å²) < 4.78 is 11.0. The van der Waals surface area contributed by atoms with Crippen LogP contribution >= 0.6 is 0 Å². The van der Waals surface area contributed by atoms with Gasteiger partial charge in [-0.2, -0.15) is 0 Å². The second kappa shape index (κ2) is 8.89. The Kier molecular flexibility index (Phi) is 6.24. The number of morpholine rings is 1. The number of hydrogen-bond donors (Lipinski definition) is 1. The van der Waals surface area contributed by atoms with E-state index in [0.717, 1.165) is 45.6 Å². The van der Waals surface area contributed by atoms with Crippen LogP contribution in [-0.2, 0) is 14.3 Å². The minimum absolute atomic E-state index is 0.122. The molecular weight excluding hydrogens is 386 g/mol. The summed E-state index contributed by atoms with van der Waals surface area (Å²) in [7, 11) is 0. The maximum absolute atomic E-state index is 13.1. The highest BCUT2D eigenvalue weighted by molar-refractivity contribution is 5.94. The van der Waals surface area contributed by atoms with E-state index in [1.165, 1.54) is 6.20 Å². The molecule has 1 unspecified atom stereocenters. The first-order chi connectivity index (χ1) is 14.5. The second-order valence-electron chi connectivity index (χ2n) is 8.58. The SMILES string of the molecule is CCOC(=O)[C@@]12CCC(N3CCOCC3)C[C@H]1CCN(C(=O)c1ccc[nH]c1=O)C2. The molecule has 3 atom stereocenters. The summed E-state index contributed by atoms with van der Waals surface area (Å²) >= 11 is 0. The third kappa shape index (κ3) is 3.90. The van der Waals surface area contributed by atoms with Crippen LogP contribution in [0.3, 0.4) is 0 Å². The maximum Gasteiger partial charge on any atom is 0.314 e. The largest absolute Gasteiger partial charge is 0.466 e. The molecular formula is C22H31N3O5. The van der Waals surface area contributed by atoms with Crippen LogP contribution in [0.4, 0.5) is 0 Å². The molecule has 0 spiro atoms. The summed E-state index contributed by atoms with van der Waals surface area (Å²) in [6.45, 7) is 6.41. The lowest BCUT2D eigenvalue weighted by Crippen LogP contribution is -2.60. The van der Waals surface area contributed by atoms with Gasteiger partial charge in [0.15, 0.2) is 0 Å². The van der Waals surface area contributed by atoms with Crippen molar-refractivity contribution in [2.45, 2.75) is 38.6 Å². The Morgan fingerprint density at radius 3 is 2.80 bits per heavy atom. The fraction of sp³-hybridized carbons (Fsp3) is 0.682. The van der Waals surface area contributed by atoms with Crippen molar-refractivity contribution >= 4 is 11.9 Å². The summed E-state index contributed by atoms with van der Waals surface area (Å²) in [5.74, 6) is -0.333. The first kappa shape index (κ1) is 21.1. The smallest absolute Gasteiger partial charge is 0.314 e. The average molecular weight is 418 g/mol. The molecule has 8 heteroatoms. The van der Waals surface area contributed by atoms with E-state index in [1.54, 1.807) is 17.0 Å². The molecule has 0 radical (unpaired) electrons. The fourth-order valence-corrected chi connectivity index (χ4v) is 5.45. The molecule has 3 heterocycles. The molecule has 1 saturated carbocycles. The summed E-state index contributed by atoms with van der Waals surface area (Å²) in [6.07, 6.45) is 4.80. The van der Waals surface area contributed by atoms with E-state index in [4.69, 9.17) is 9.47 Å². The number of nitrogens with one attached hydrogen (secondary N) is 1. The molecule has 30 heavy (non-hydrogen) atoms. The Morgan fingerprint density at radius 2 is 2.07 bits per heavy atom. The summed E-state index contributed by atoms with van der Waals surface area (Å²) in [4.78, 5) is 45.0. The fourth-order valence-electron chi connectivity index (χ4n) is 5.45. The van der Waals surface area contributed by atoms with Crippen LogP contribution in [0.2, 0.25) is 0 Å². The highest BCUT2D eigenvalue weighted by Crippen LogP contribution is 2.48. The van der Waals surface area contributed by atoms with Crippen LogP contribution in [0.25, 0.3) is 0 Å². The molecule has 2 aliphatic heterocycles. The van der Waals surface area contributed by atoms with Crippen molar-refractivity contribution in [1.29, 1.82) is 0 Å². The molecule has 3 fully saturated rings. The van der Waals surface area contributed by atoms with Crippen LogP contribution in [0.1, 0.15) is 43.0 Å². The minimum Gasteiger partial charge on any atom is -0.466 e. The Balaban J connectivity index is 1.55. The van der Waals surface area contributed by atoms with Gasteiger partial charge in [0.05, 0.1) is 25.2 Å². The number of hydrogen-bond acceptors (Lipinski definition) is 6. The van der Waals surface area contributed by atoms with Gasteiger partial charge in [0.25, 0.3) is 11.5 Å². The first-order valence-electron chi connectivity index (χ1n) is 11.0. The van der Waals surface area contributed by atoms with Crippen molar-refractivity contribution < 1.29 is 19.1 Å². The van der Waals surface area contributed by atoms with Gasteiger partial charge in [0, 0.05) is 38.4 Å². The number of nitrogens with zero attached hydrogens (tertiary/aromatic N) is 2. The van der Waals surface area contributed by atoms with Gasteiger partial charge in [-0.15, -0.1) is 0 Å². The molecule has 0 bridgehead atoms. The Labute approximate surface area is 176 Å². The number of aromatic amines is 1. The molecule has 2 saturated heterocycles. The Morgan fingerprint density at radius 1 is 1.27 bits per heavy atom. The van der Waals surface area contributed by atoms with Gasteiger partial charge in [0.2, 0.25) is 0 Å². The summed E-state index contributed by atoms with van der Waals surface area (Å²) in [5, 5.41) is 0. The van der Waals surface area contributed by atoms with E-state index in [2.05, 4.69) is 9.88 Å². The third-order valence-corrected chi connectivity index (χ3v) is 7.06. The lowest BCUT2D eigenvalue weighted by atomic mass is 9.61. The molecule has 1 N–H and O–H groups in total. The second-order valence-corrected chi connectivity index (χ2v) is 8.58. The van der Waals surface area contributed by atoms with E-state index >= 15 is 0 Å². The Bertz CT molecular complexity index is 834. The van der Waals surface area contributed by atoms with Gasteiger partial charge in [-0.3, -0.25) is 19.3 Å². The van der Waals surface area contributed by atoms with Gasteiger partial charge >= 0.3 is 5.97 Å². The zero-order valence-corrected chi connectivity index (χ0v) is 17.6. The molecule has 164 valence electrons. The Hall–Kier alpha value is -2.19. The van der Waals surface area contributed by atoms with Crippen molar-refractivity contribution in [2.24, 2.45) is 11.3 Å². The van der Waals surface area contributed by atoms with Crippen molar-refractivity contribution in [2.75, 3.05) is 46.0 Å². The average Bonchev–Trinajstić information content (AvgIpc) is 2.79. The number of H-pyrrole nitrogens is 1. The number of pyridine rings is 1. The maximum atomic E-state index is 13.1. The van der Waals surface area contributed by atoms with E-state index in [0.29, 0.717) is 32.2 Å². The van der Waals surface area contributed by atoms with Gasteiger partial charge in [-0.1, -0.05) is 0 Å². The number of carbonyl (C=O) groups excluding carboxylic acids is 2. The molecule has 8 nitrogen and oxygen atoms in total. The third-order valence-electron chi connectivity index (χ3n) is 7.06. The van der Waals surface area contributed by atoms with Gasteiger partial charge in [-0.05, 0) is 50.7 Å².